The van der Waals surface area contributed by atoms with Crippen LogP contribution < -0.4 is 5.73 Å². The average molecular weight is 394 g/mol. The summed E-state index contributed by atoms with van der Waals surface area (Å²) in [6.45, 7) is 7.19. The van der Waals surface area contributed by atoms with Crippen LogP contribution >= 0.6 is 0 Å². The van der Waals surface area contributed by atoms with Crippen molar-refractivity contribution in [2.24, 2.45) is 11.7 Å². The molecule has 27 heavy (non-hydrogen) atoms. The Morgan fingerprint density at radius 3 is 2.44 bits per heavy atom. The average Bonchev–Trinajstić information content (AvgIpc) is 2.63. The second kappa shape index (κ2) is 7.53. The van der Waals surface area contributed by atoms with Gasteiger partial charge in [-0.3, -0.25) is 4.79 Å². The zero-order valence-corrected chi connectivity index (χ0v) is 17.4. The van der Waals surface area contributed by atoms with Gasteiger partial charge < -0.3 is 10.6 Å². The first-order valence-corrected chi connectivity index (χ1v) is 11.2. The van der Waals surface area contributed by atoms with Gasteiger partial charge in [0, 0.05) is 31.7 Å². The van der Waals surface area contributed by atoms with Crippen molar-refractivity contribution < 1.29 is 13.2 Å². The highest BCUT2D eigenvalue weighted by molar-refractivity contribution is 7.89. The Bertz CT molecular complexity index is 812. The third-order valence-electron chi connectivity index (χ3n) is 6.06. The van der Waals surface area contributed by atoms with Gasteiger partial charge in [0.05, 0.1) is 10.8 Å². The number of hydrogen-bond acceptors (Lipinski definition) is 4. The van der Waals surface area contributed by atoms with E-state index in [9.17, 15) is 13.2 Å². The SMILES string of the molecule is Cc1ccc(C)c(S(=O)(=O)N2CCN(C(=O)C3CCCCC3(C)N)CC2)c1. The Morgan fingerprint density at radius 1 is 1.15 bits per heavy atom. The second-order valence-corrected chi connectivity index (χ2v) is 10.2. The van der Waals surface area contributed by atoms with E-state index in [-0.39, 0.29) is 11.8 Å². The maximum Gasteiger partial charge on any atom is 0.243 e. The van der Waals surface area contributed by atoms with Crippen LogP contribution in [0.4, 0.5) is 0 Å². The topological polar surface area (TPSA) is 83.7 Å². The van der Waals surface area contributed by atoms with Crippen LogP contribution in [0.5, 0.6) is 0 Å². The van der Waals surface area contributed by atoms with Gasteiger partial charge in [0.25, 0.3) is 0 Å². The molecule has 3 rings (SSSR count). The summed E-state index contributed by atoms with van der Waals surface area (Å²) >= 11 is 0. The summed E-state index contributed by atoms with van der Waals surface area (Å²) in [6, 6.07) is 5.48. The first-order chi connectivity index (χ1) is 12.6. The highest BCUT2D eigenvalue weighted by atomic mass is 32.2. The molecule has 1 heterocycles. The lowest BCUT2D eigenvalue weighted by Gasteiger charge is -2.42. The van der Waals surface area contributed by atoms with Crippen molar-refractivity contribution in [3.63, 3.8) is 0 Å². The largest absolute Gasteiger partial charge is 0.340 e. The molecule has 150 valence electrons. The maximum atomic E-state index is 13.0. The van der Waals surface area contributed by atoms with Gasteiger partial charge in [0.1, 0.15) is 0 Å². The Balaban J connectivity index is 1.70. The van der Waals surface area contributed by atoms with E-state index in [1.54, 1.807) is 11.0 Å². The van der Waals surface area contributed by atoms with Crippen LogP contribution in [-0.4, -0.2) is 55.2 Å². The lowest BCUT2D eigenvalue weighted by molar-refractivity contribution is -0.140. The summed E-state index contributed by atoms with van der Waals surface area (Å²) in [5.41, 5.74) is 7.59. The maximum absolute atomic E-state index is 13.0. The minimum Gasteiger partial charge on any atom is -0.340 e. The molecule has 1 aliphatic carbocycles. The van der Waals surface area contributed by atoms with Crippen LogP contribution in [0.1, 0.15) is 43.7 Å². The Labute approximate surface area is 162 Å². The number of benzene rings is 1. The number of hydrogen-bond donors (Lipinski definition) is 1. The molecule has 1 amide bonds. The van der Waals surface area contributed by atoms with Gasteiger partial charge in [-0.15, -0.1) is 0 Å². The minimum absolute atomic E-state index is 0.0866. The summed E-state index contributed by atoms with van der Waals surface area (Å²) < 4.78 is 27.6. The van der Waals surface area contributed by atoms with E-state index in [1.807, 2.05) is 32.9 Å². The van der Waals surface area contributed by atoms with Crippen molar-refractivity contribution >= 4 is 15.9 Å². The van der Waals surface area contributed by atoms with Crippen molar-refractivity contribution in [1.82, 2.24) is 9.21 Å². The van der Waals surface area contributed by atoms with Crippen molar-refractivity contribution in [3.8, 4) is 0 Å². The summed E-state index contributed by atoms with van der Waals surface area (Å²) in [4.78, 5) is 15.1. The fourth-order valence-electron chi connectivity index (χ4n) is 4.26. The lowest BCUT2D eigenvalue weighted by atomic mass is 9.74. The molecular formula is C20H31N3O3S. The molecule has 0 radical (unpaired) electrons. The summed E-state index contributed by atoms with van der Waals surface area (Å²) in [7, 11) is -3.54. The van der Waals surface area contributed by atoms with Crippen molar-refractivity contribution in [1.29, 1.82) is 0 Å². The highest BCUT2D eigenvalue weighted by Crippen LogP contribution is 2.33. The predicted molar refractivity (Wildman–Crippen MR) is 106 cm³/mol. The molecule has 2 aliphatic rings. The molecule has 0 spiro atoms. The standard InChI is InChI=1S/C20H31N3O3S/c1-15-7-8-16(2)18(14-15)27(25,26)23-12-10-22(11-13-23)19(24)17-6-4-5-9-20(17,3)21/h7-8,14,17H,4-6,9-13,21H2,1-3H3. The molecule has 0 aromatic heterocycles. The molecule has 2 N–H and O–H groups in total. The number of nitrogens with zero attached hydrogens (tertiary/aromatic N) is 2. The normalized spacial score (nSPS) is 27.6. The molecule has 6 nitrogen and oxygen atoms in total. The first kappa shape index (κ1) is 20.3. The molecule has 1 aliphatic heterocycles. The molecule has 2 unspecified atom stereocenters. The van der Waals surface area contributed by atoms with E-state index < -0.39 is 15.6 Å². The summed E-state index contributed by atoms with van der Waals surface area (Å²) in [5, 5.41) is 0. The van der Waals surface area contributed by atoms with Gasteiger partial charge in [0.2, 0.25) is 15.9 Å². The molecule has 1 aromatic carbocycles. The van der Waals surface area contributed by atoms with Crippen molar-refractivity contribution in [2.75, 3.05) is 26.2 Å². The van der Waals surface area contributed by atoms with Gasteiger partial charge in [-0.2, -0.15) is 4.31 Å². The van der Waals surface area contributed by atoms with Crippen molar-refractivity contribution in [2.45, 2.75) is 56.9 Å². The highest BCUT2D eigenvalue weighted by Gasteiger charge is 2.41. The van der Waals surface area contributed by atoms with Gasteiger partial charge >= 0.3 is 0 Å². The first-order valence-electron chi connectivity index (χ1n) is 9.78. The zero-order valence-electron chi connectivity index (χ0n) is 16.6. The van der Waals surface area contributed by atoms with E-state index in [0.717, 1.165) is 36.8 Å². The molecule has 1 aromatic rings. The van der Waals surface area contributed by atoms with E-state index in [2.05, 4.69) is 0 Å². The van der Waals surface area contributed by atoms with Crippen LogP contribution in [0.25, 0.3) is 0 Å². The number of nitrogens with two attached hydrogens (primary N) is 1. The number of rotatable bonds is 3. The number of piperazine rings is 1. The van der Waals surface area contributed by atoms with Gasteiger partial charge in [-0.1, -0.05) is 25.0 Å². The van der Waals surface area contributed by atoms with Gasteiger partial charge in [-0.25, -0.2) is 8.42 Å². The van der Waals surface area contributed by atoms with E-state index in [0.29, 0.717) is 31.1 Å². The Hall–Kier alpha value is -1.44. The molecule has 2 atom stereocenters. The smallest absolute Gasteiger partial charge is 0.243 e. The second-order valence-electron chi connectivity index (χ2n) is 8.30. The number of aryl methyl sites for hydroxylation is 2. The molecule has 2 fully saturated rings. The minimum atomic E-state index is -3.54. The molecular weight excluding hydrogens is 362 g/mol. The van der Waals surface area contributed by atoms with Crippen LogP contribution in [0.3, 0.4) is 0 Å². The summed E-state index contributed by atoms with van der Waals surface area (Å²) in [5.74, 6) is -0.0723. The van der Waals surface area contributed by atoms with E-state index >= 15 is 0 Å². The van der Waals surface area contributed by atoms with Crippen LogP contribution in [0, 0.1) is 19.8 Å². The van der Waals surface area contributed by atoms with Crippen LogP contribution in [0.2, 0.25) is 0 Å². The monoisotopic (exact) mass is 393 g/mol. The van der Waals surface area contributed by atoms with E-state index in [1.165, 1.54) is 4.31 Å². The van der Waals surface area contributed by atoms with Crippen LogP contribution in [-0.2, 0) is 14.8 Å². The third-order valence-corrected chi connectivity index (χ3v) is 8.10. The molecule has 1 saturated carbocycles. The van der Waals surface area contributed by atoms with Gasteiger partial charge in [0.15, 0.2) is 0 Å². The number of carbonyl (C=O) groups excluding carboxylic acids is 1. The van der Waals surface area contributed by atoms with Crippen molar-refractivity contribution in [3.05, 3.63) is 29.3 Å². The summed E-state index contributed by atoms with van der Waals surface area (Å²) in [6.07, 6.45) is 3.79. The number of carbonyl (C=O) groups is 1. The fourth-order valence-corrected chi connectivity index (χ4v) is 5.99. The Kier molecular flexibility index (Phi) is 5.66. The number of sulfonamides is 1. The zero-order chi connectivity index (χ0) is 19.8. The number of amides is 1. The van der Waals surface area contributed by atoms with Crippen LogP contribution in [0.15, 0.2) is 23.1 Å². The third kappa shape index (κ3) is 4.05. The molecule has 7 heteroatoms. The van der Waals surface area contributed by atoms with Gasteiger partial charge in [-0.05, 0) is 50.8 Å². The predicted octanol–water partition coefficient (Wildman–Crippen LogP) is 2.04. The quantitative estimate of drug-likeness (QED) is 0.852. The molecule has 1 saturated heterocycles. The Morgan fingerprint density at radius 2 is 1.81 bits per heavy atom. The fraction of sp³-hybridized carbons (Fsp3) is 0.650. The van der Waals surface area contributed by atoms with E-state index in [4.69, 9.17) is 5.73 Å². The molecule has 0 bridgehead atoms. The lowest BCUT2D eigenvalue weighted by Crippen LogP contribution is -2.57.